The van der Waals surface area contributed by atoms with Crippen molar-refractivity contribution in [2.45, 2.75) is 20.8 Å². The van der Waals surface area contributed by atoms with Gasteiger partial charge in [-0.1, -0.05) is 12.1 Å². The number of aryl methyl sites for hydroxylation is 3. The van der Waals surface area contributed by atoms with E-state index in [1.165, 1.54) is 6.92 Å². The van der Waals surface area contributed by atoms with Gasteiger partial charge < -0.3 is 10.1 Å². The number of carbonyl (C=O) groups is 2. The topological polar surface area (TPSA) is 73.2 Å². The van der Waals surface area contributed by atoms with Crippen LogP contribution in [-0.4, -0.2) is 21.7 Å². The lowest BCUT2D eigenvalue weighted by atomic mass is 10.1. The quantitative estimate of drug-likeness (QED) is 0.694. The fourth-order valence-corrected chi connectivity index (χ4v) is 2.02. The minimum Gasteiger partial charge on any atom is -0.426 e. The second-order valence-corrected chi connectivity index (χ2v) is 4.79. The van der Waals surface area contributed by atoms with E-state index in [1.54, 1.807) is 42.9 Å². The van der Waals surface area contributed by atoms with E-state index in [0.717, 1.165) is 11.3 Å². The van der Waals surface area contributed by atoms with Crippen LogP contribution in [0.25, 0.3) is 0 Å². The lowest BCUT2D eigenvalue weighted by Crippen LogP contribution is -2.17. The maximum Gasteiger partial charge on any atom is 0.308 e. The Kier molecular flexibility index (Phi) is 4.07. The first-order valence-corrected chi connectivity index (χ1v) is 6.48. The van der Waals surface area contributed by atoms with Crippen molar-refractivity contribution in [3.8, 4) is 5.75 Å². The summed E-state index contributed by atoms with van der Waals surface area (Å²) >= 11 is 0. The number of nitrogens with one attached hydrogen (secondary N) is 1. The Balaban J connectivity index is 2.33. The van der Waals surface area contributed by atoms with Crippen molar-refractivity contribution in [3.63, 3.8) is 0 Å². The number of para-hydroxylation sites is 1. The summed E-state index contributed by atoms with van der Waals surface area (Å²) < 4.78 is 6.73. The maximum absolute atomic E-state index is 12.4. The molecule has 1 aromatic carbocycles. The largest absolute Gasteiger partial charge is 0.426 e. The summed E-state index contributed by atoms with van der Waals surface area (Å²) in [7, 11) is 1.74. The van der Waals surface area contributed by atoms with Crippen LogP contribution in [-0.2, 0) is 11.8 Å². The zero-order valence-corrected chi connectivity index (χ0v) is 12.4. The van der Waals surface area contributed by atoms with Gasteiger partial charge >= 0.3 is 5.97 Å². The second-order valence-electron chi connectivity index (χ2n) is 4.79. The number of benzene rings is 1. The predicted octanol–water partition coefficient (Wildman–Crippen LogP) is 2.21. The van der Waals surface area contributed by atoms with Crippen molar-refractivity contribution >= 4 is 17.7 Å². The van der Waals surface area contributed by atoms with Crippen molar-refractivity contribution in [2.24, 2.45) is 7.05 Å². The molecule has 6 heteroatoms. The molecule has 6 nitrogen and oxygen atoms in total. The van der Waals surface area contributed by atoms with Gasteiger partial charge in [0.05, 0.1) is 11.3 Å². The molecule has 1 heterocycles. The molecule has 0 saturated carbocycles. The molecule has 0 spiro atoms. The van der Waals surface area contributed by atoms with Crippen LogP contribution >= 0.6 is 0 Å². The summed E-state index contributed by atoms with van der Waals surface area (Å²) in [5.41, 5.74) is 1.83. The number of carbonyl (C=O) groups excluding carboxylic acids is 2. The Bertz CT molecular complexity index is 704. The smallest absolute Gasteiger partial charge is 0.308 e. The Morgan fingerprint density at radius 1 is 1.29 bits per heavy atom. The molecule has 1 amide bonds. The number of aromatic nitrogens is 2. The first kappa shape index (κ1) is 14.8. The molecule has 0 aliphatic rings. The van der Waals surface area contributed by atoms with Crippen molar-refractivity contribution in [1.82, 2.24) is 9.78 Å². The second kappa shape index (κ2) is 5.78. The monoisotopic (exact) mass is 287 g/mol. The van der Waals surface area contributed by atoms with Gasteiger partial charge in [0.2, 0.25) is 0 Å². The number of nitrogens with zero attached hydrogens (tertiary/aromatic N) is 2. The molecule has 0 atom stereocenters. The Morgan fingerprint density at radius 2 is 2.00 bits per heavy atom. The lowest BCUT2D eigenvalue weighted by molar-refractivity contribution is -0.131. The highest BCUT2D eigenvalue weighted by Gasteiger charge is 2.17. The number of rotatable bonds is 3. The van der Waals surface area contributed by atoms with Gasteiger partial charge in [0, 0.05) is 20.0 Å². The SMILES string of the molecule is CC(=O)Oc1c(C)cccc1C(=O)Nc1cc(C)nn1C. The third kappa shape index (κ3) is 3.28. The zero-order valence-electron chi connectivity index (χ0n) is 12.4. The zero-order chi connectivity index (χ0) is 15.6. The van der Waals surface area contributed by atoms with Crippen LogP contribution in [0.1, 0.15) is 28.5 Å². The van der Waals surface area contributed by atoms with E-state index in [-0.39, 0.29) is 11.7 Å². The molecular formula is C15H17N3O3. The minimum absolute atomic E-state index is 0.279. The molecule has 2 rings (SSSR count). The van der Waals surface area contributed by atoms with E-state index >= 15 is 0 Å². The minimum atomic E-state index is -0.463. The molecule has 1 aromatic heterocycles. The van der Waals surface area contributed by atoms with Gasteiger partial charge in [-0.15, -0.1) is 0 Å². The first-order valence-electron chi connectivity index (χ1n) is 6.48. The Hall–Kier alpha value is -2.63. The van der Waals surface area contributed by atoms with E-state index in [4.69, 9.17) is 4.74 Å². The van der Waals surface area contributed by atoms with Crippen molar-refractivity contribution in [1.29, 1.82) is 0 Å². The third-order valence-corrected chi connectivity index (χ3v) is 2.95. The summed E-state index contributed by atoms with van der Waals surface area (Å²) in [5, 5.41) is 6.92. The number of hydrogen-bond donors (Lipinski definition) is 1. The third-order valence-electron chi connectivity index (χ3n) is 2.95. The summed E-state index contributed by atoms with van der Waals surface area (Å²) in [6.45, 7) is 4.93. The molecule has 0 fully saturated rings. The number of amides is 1. The highest BCUT2D eigenvalue weighted by atomic mass is 16.5. The van der Waals surface area contributed by atoms with Gasteiger partial charge in [-0.25, -0.2) is 0 Å². The molecule has 0 saturated heterocycles. The van der Waals surface area contributed by atoms with Gasteiger partial charge in [-0.2, -0.15) is 5.10 Å². The molecule has 110 valence electrons. The van der Waals surface area contributed by atoms with Gasteiger partial charge in [0.25, 0.3) is 5.91 Å². The normalized spacial score (nSPS) is 10.3. The fraction of sp³-hybridized carbons (Fsp3) is 0.267. The van der Waals surface area contributed by atoms with E-state index in [9.17, 15) is 9.59 Å². The van der Waals surface area contributed by atoms with Crippen LogP contribution in [0, 0.1) is 13.8 Å². The molecule has 0 aliphatic carbocycles. The number of ether oxygens (including phenoxy) is 1. The van der Waals surface area contributed by atoms with Gasteiger partial charge in [-0.3, -0.25) is 14.3 Å². The van der Waals surface area contributed by atoms with Crippen molar-refractivity contribution in [2.75, 3.05) is 5.32 Å². The number of esters is 1. The van der Waals surface area contributed by atoms with Crippen LogP contribution in [0.2, 0.25) is 0 Å². The average molecular weight is 287 g/mol. The standard InChI is InChI=1S/C15H17N3O3/c1-9-6-5-7-12(14(9)21-11(3)19)15(20)16-13-8-10(2)17-18(13)4/h5-8H,1-4H3,(H,16,20). The molecular weight excluding hydrogens is 270 g/mol. The predicted molar refractivity (Wildman–Crippen MR) is 78.4 cm³/mol. The number of hydrogen-bond acceptors (Lipinski definition) is 4. The Morgan fingerprint density at radius 3 is 2.57 bits per heavy atom. The molecule has 0 aliphatic heterocycles. The maximum atomic E-state index is 12.4. The van der Waals surface area contributed by atoms with Crippen molar-refractivity contribution in [3.05, 3.63) is 41.1 Å². The summed E-state index contributed by atoms with van der Waals surface area (Å²) in [4.78, 5) is 23.6. The molecule has 0 unspecified atom stereocenters. The number of anilines is 1. The highest BCUT2D eigenvalue weighted by Crippen LogP contribution is 2.24. The highest BCUT2D eigenvalue weighted by molar-refractivity contribution is 6.06. The molecule has 1 N–H and O–H groups in total. The van der Waals surface area contributed by atoms with E-state index in [0.29, 0.717) is 11.4 Å². The van der Waals surface area contributed by atoms with Crippen molar-refractivity contribution < 1.29 is 14.3 Å². The molecule has 21 heavy (non-hydrogen) atoms. The van der Waals surface area contributed by atoms with Gasteiger partial charge in [0.1, 0.15) is 11.6 Å². The summed E-state index contributed by atoms with van der Waals surface area (Å²) in [6, 6.07) is 6.90. The van der Waals surface area contributed by atoms with Crippen LogP contribution in [0.15, 0.2) is 24.3 Å². The Labute approximate surface area is 122 Å². The summed E-state index contributed by atoms with van der Waals surface area (Å²) in [6.07, 6.45) is 0. The molecule has 0 bridgehead atoms. The average Bonchev–Trinajstić information content (AvgIpc) is 2.69. The van der Waals surface area contributed by atoms with E-state index in [1.807, 2.05) is 6.92 Å². The van der Waals surface area contributed by atoms with Crippen LogP contribution < -0.4 is 10.1 Å². The van der Waals surface area contributed by atoms with E-state index < -0.39 is 5.97 Å². The lowest BCUT2D eigenvalue weighted by Gasteiger charge is -2.11. The van der Waals surface area contributed by atoms with Gasteiger partial charge in [0.15, 0.2) is 0 Å². The first-order chi connectivity index (χ1) is 9.88. The van der Waals surface area contributed by atoms with Gasteiger partial charge in [-0.05, 0) is 25.5 Å². The summed E-state index contributed by atoms with van der Waals surface area (Å²) in [5.74, 6) is 0.0434. The molecule has 2 aromatic rings. The molecule has 0 radical (unpaired) electrons. The van der Waals surface area contributed by atoms with E-state index in [2.05, 4.69) is 10.4 Å². The van der Waals surface area contributed by atoms with Crippen LogP contribution in [0.5, 0.6) is 5.75 Å². The fourth-order valence-electron chi connectivity index (χ4n) is 2.02. The van der Waals surface area contributed by atoms with Crippen LogP contribution in [0.3, 0.4) is 0 Å². The van der Waals surface area contributed by atoms with Crippen LogP contribution in [0.4, 0.5) is 5.82 Å².